The van der Waals surface area contributed by atoms with Crippen molar-refractivity contribution in [3.8, 4) is 5.75 Å². The summed E-state index contributed by atoms with van der Waals surface area (Å²) in [5, 5.41) is 10.7. The first kappa shape index (κ1) is 14.4. The molecule has 1 aromatic carbocycles. The average Bonchev–Trinajstić information content (AvgIpc) is 2.26. The Morgan fingerprint density at radius 2 is 2.06 bits per heavy atom. The van der Waals surface area contributed by atoms with Gasteiger partial charge < -0.3 is 4.74 Å². The molecule has 100 valence electrons. The van der Waals surface area contributed by atoms with Crippen molar-refractivity contribution < 1.29 is 22.3 Å². The summed E-state index contributed by atoms with van der Waals surface area (Å²) >= 11 is 0. The molecule has 0 amide bonds. The predicted molar refractivity (Wildman–Crippen MR) is 64.1 cm³/mol. The summed E-state index contributed by atoms with van der Waals surface area (Å²) in [6, 6.07) is 4.34. The fourth-order valence-electron chi connectivity index (χ4n) is 1.34. The van der Waals surface area contributed by atoms with Crippen molar-refractivity contribution in [1.82, 2.24) is 0 Å². The van der Waals surface area contributed by atoms with Crippen LogP contribution in [0.2, 0.25) is 0 Å². The molecule has 0 aromatic heterocycles. The minimum absolute atomic E-state index is 0.0141. The van der Waals surface area contributed by atoms with Gasteiger partial charge in [-0.1, -0.05) is 6.07 Å². The Morgan fingerprint density at radius 1 is 1.39 bits per heavy atom. The van der Waals surface area contributed by atoms with Crippen molar-refractivity contribution in [1.29, 1.82) is 0 Å². The van der Waals surface area contributed by atoms with Crippen molar-refractivity contribution in [3.05, 3.63) is 33.9 Å². The van der Waals surface area contributed by atoms with Crippen molar-refractivity contribution in [2.24, 2.45) is 0 Å². The molecule has 0 heterocycles. The zero-order valence-corrected chi connectivity index (χ0v) is 10.8. The Bertz CT molecular complexity index is 539. The predicted octanol–water partition coefficient (Wildman–Crippen LogP) is 1.12. The third-order valence-electron chi connectivity index (χ3n) is 2.13. The Morgan fingerprint density at radius 3 is 2.56 bits per heavy atom. The second kappa shape index (κ2) is 5.78. The van der Waals surface area contributed by atoms with Crippen LogP contribution in [0.3, 0.4) is 0 Å². The van der Waals surface area contributed by atoms with Crippen LogP contribution in [-0.2, 0) is 20.7 Å². The lowest BCUT2D eigenvalue weighted by Gasteiger charge is -2.05. The van der Waals surface area contributed by atoms with Gasteiger partial charge in [0.15, 0.2) is 5.75 Å². The summed E-state index contributed by atoms with van der Waals surface area (Å²) in [5.41, 5.74) is 0.561. The van der Waals surface area contributed by atoms with E-state index in [0.717, 1.165) is 6.26 Å². The van der Waals surface area contributed by atoms with Gasteiger partial charge in [0.05, 0.1) is 24.9 Å². The van der Waals surface area contributed by atoms with Crippen LogP contribution in [0.15, 0.2) is 18.2 Å². The first-order chi connectivity index (χ1) is 8.33. The maximum absolute atomic E-state index is 10.8. The van der Waals surface area contributed by atoms with Gasteiger partial charge in [-0.25, -0.2) is 0 Å². The molecule has 0 aliphatic heterocycles. The van der Waals surface area contributed by atoms with E-state index < -0.39 is 15.0 Å². The number of nitro groups is 1. The van der Waals surface area contributed by atoms with E-state index in [-0.39, 0.29) is 18.0 Å². The second-order valence-electron chi connectivity index (χ2n) is 3.54. The maximum Gasteiger partial charge on any atom is 0.310 e. The lowest BCUT2D eigenvalue weighted by atomic mass is 10.1. The first-order valence-corrected chi connectivity index (χ1v) is 6.81. The molecule has 0 bridgehead atoms. The Balaban J connectivity index is 2.77. The normalized spacial score (nSPS) is 11.2. The molecule has 7 nitrogen and oxygen atoms in total. The van der Waals surface area contributed by atoms with E-state index in [1.165, 1.54) is 25.3 Å². The summed E-state index contributed by atoms with van der Waals surface area (Å²) in [7, 11) is -2.14. The van der Waals surface area contributed by atoms with E-state index >= 15 is 0 Å². The van der Waals surface area contributed by atoms with Crippen LogP contribution in [0.4, 0.5) is 5.69 Å². The highest BCUT2D eigenvalue weighted by Crippen LogP contribution is 2.27. The molecule has 0 saturated carbocycles. The smallest absolute Gasteiger partial charge is 0.310 e. The topological polar surface area (TPSA) is 95.7 Å². The van der Waals surface area contributed by atoms with Crippen molar-refractivity contribution in [2.75, 3.05) is 20.0 Å². The molecule has 8 heteroatoms. The third-order valence-corrected chi connectivity index (χ3v) is 2.72. The molecule has 0 aliphatic carbocycles. The van der Waals surface area contributed by atoms with Crippen LogP contribution >= 0.6 is 0 Å². The van der Waals surface area contributed by atoms with Crippen molar-refractivity contribution in [3.63, 3.8) is 0 Å². The number of hydrogen-bond donors (Lipinski definition) is 0. The van der Waals surface area contributed by atoms with E-state index in [0.29, 0.717) is 12.0 Å². The Hall–Kier alpha value is -1.67. The number of hydrogen-bond acceptors (Lipinski definition) is 6. The highest BCUT2D eigenvalue weighted by atomic mass is 32.2. The fourth-order valence-corrected chi connectivity index (χ4v) is 1.73. The number of nitro benzene ring substituents is 1. The minimum Gasteiger partial charge on any atom is -0.490 e. The van der Waals surface area contributed by atoms with Gasteiger partial charge >= 0.3 is 5.69 Å². The number of ether oxygens (including phenoxy) is 1. The number of rotatable bonds is 6. The van der Waals surface area contributed by atoms with Gasteiger partial charge in [-0.3, -0.25) is 14.3 Å². The van der Waals surface area contributed by atoms with Crippen LogP contribution < -0.4 is 4.74 Å². The molecule has 0 fully saturated rings. The van der Waals surface area contributed by atoms with E-state index in [4.69, 9.17) is 4.74 Å². The molecule has 0 spiro atoms. The van der Waals surface area contributed by atoms with E-state index in [1.54, 1.807) is 0 Å². The third kappa shape index (κ3) is 4.30. The number of methoxy groups -OCH3 is 1. The lowest BCUT2D eigenvalue weighted by molar-refractivity contribution is -0.385. The van der Waals surface area contributed by atoms with Crippen molar-refractivity contribution in [2.45, 2.75) is 6.42 Å². The van der Waals surface area contributed by atoms with Gasteiger partial charge in [0.25, 0.3) is 10.1 Å². The summed E-state index contributed by atoms with van der Waals surface area (Å²) in [6.45, 7) is -0.0141. The molecule has 18 heavy (non-hydrogen) atoms. The summed E-state index contributed by atoms with van der Waals surface area (Å²) in [6.07, 6.45) is 1.28. The van der Waals surface area contributed by atoms with Crippen LogP contribution in [0.5, 0.6) is 5.75 Å². The van der Waals surface area contributed by atoms with Crippen LogP contribution in [0.1, 0.15) is 5.56 Å². The quantitative estimate of drug-likeness (QED) is 0.438. The molecule has 0 saturated heterocycles. The molecule has 0 N–H and O–H groups in total. The maximum atomic E-state index is 10.8. The zero-order valence-electron chi connectivity index (χ0n) is 9.95. The highest BCUT2D eigenvalue weighted by Gasteiger charge is 2.14. The number of nitrogens with zero attached hydrogens (tertiary/aromatic N) is 1. The molecule has 0 aliphatic rings. The highest BCUT2D eigenvalue weighted by molar-refractivity contribution is 7.85. The van der Waals surface area contributed by atoms with Gasteiger partial charge in [0.2, 0.25) is 0 Å². The SMILES string of the molecule is COc1cc(CCOS(C)(=O)=O)ccc1[N+](=O)[O-]. The molecule has 0 unspecified atom stereocenters. The van der Waals surface area contributed by atoms with Gasteiger partial charge in [-0.2, -0.15) is 8.42 Å². The minimum atomic E-state index is -3.47. The molecule has 0 atom stereocenters. The molecule has 0 radical (unpaired) electrons. The zero-order chi connectivity index (χ0) is 13.8. The standard InChI is InChI=1S/C10H13NO6S/c1-16-10-7-8(3-4-9(10)11(12)13)5-6-17-18(2,14)15/h3-4,7H,5-6H2,1-2H3. The fraction of sp³-hybridized carbons (Fsp3) is 0.400. The Labute approximate surface area is 105 Å². The van der Waals surface area contributed by atoms with Gasteiger partial charge in [-0.15, -0.1) is 0 Å². The molecular weight excluding hydrogens is 262 g/mol. The van der Waals surface area contributed by atoms with E-state index in [1.807, 2.05) is 0 Å². The molecule has 1 rings (SSSR count). The van der Waals surface area contributed by atoms with Crippen LogP contribution in [-0.4, -0.2) is 33.3 Å². The number of benzene rings is 1. The average molecular weight is 275 g/mol. The van der Waals surface area contributed by atoms with Gasteiger partial charge in [0, 0.05) is 6.07 Å². The molecular formula is C10H13NO6S. The largest absolute Gasteiger partial charge is 0.490 e. The van der Waals surface area contributed by atoms with E-state index in [2.05, 4.69) is 4.18 Å². The van der Waals surface area contributed by atoms with Crippen LogP contribution in [0.25, 0.3) is 0 Å². The van der Waals surface area contributed by atoms with E-state index in [9.17, 15) is 18.5 Å². The van der Waals surface area contributed by atoms with Crippen LogP contribution in [0, 0.1) is 10.1 Å². The lowest BCUT2D eigenvalue weighted by Crippen LogP contribution is -2.06. The van der Waals surface area contributed by atoms with Gasteiger partial charge in [0.1, 0.15) is 0 Å². The van der Waals surface area contributed by atoms with Gasteiger partial charge in [-0.05, 0) is 18.1 Å². The first-order valence-electron chi connectivity index (χ1n) is 4.99. The molecule has 1 aromatic rings. The summed E-state index contributed by atoms with van der Waals surface area (Å²) < 4.78 is 31.0. The van der Waals surface area contributed by atoms with Crippen molar-refractivity contribution >= 4 is 15.8 Å². The second-order valence-corrected chi connectivity index (χ2v) is 5.18. The summed E-state index contributed by atoms with van der Waals surface area (Å²) in [5.74, 6) is 0.136. The summed E-state index contributed by atoms with van der Waals surface area (Å²) in [4.78, 5) is 10.1. The Kier molecular flexibility index (Phi) is 4.62. The monoisotopic (exact) mass is 275 g/mol.